The Morgan fingerprint density at radius 3 is 2.26 bits per heavy atom. The molecule has 11 heteroatoms. The van der Waals surface area contributed by atoms with E-state index in [4.69, 9.17) is 26.4 Å². The molecule has 0 heterocycles. The molecular weight excluding hydrogens is 440 g/mol. The third kappa shape index (κ3) is 7.12. The number of nitrogens with two attached hydrogens (primary N) is 2. The number of ether oxygens (including phenoxy) is 2. The van der Waals surface area contributed by atoms with Crippen molar-refractivity contribution in [3.63, 3.8) is 0 Å². The van der Waals surface area contributed by atoms with Gasteiger partial charge in [-0.1, -0.05) is 11.6 Å². The number of hydrogen-bond acceptors (Lipinski definition) is 6. The minimum absolute atomic E-state index is 0.107. The van der Waals surface area contributed by atoms with Gasteiger partial charge in [-0.15, -0.1) is 0 Å². The molecule has 0 fully saturated rings. The van der Waals surface area contributed by atoms with Crippen molar-refractivity contribution in [2.24, 2.45) is 11.5 Å². The highest BCUT2D eigenvalue weighted by atomic mass is 16.5. The van der Waals surface area contributed by atoms with E-state index >= 15 is 0 Å². The predicted octanol–water partition coefficient (Wildman–Crippen LogP) is 1.11. The third-order valence-electron chi connectivity index (χ3n) is 4.94. The largest absolute Gasteiger partial charge is 0.496 e. The van der Waals surface area contributed by atoms with Crippen LogP contribution >= 0.6 is 0 Å². The Labute approximate surface area is 197 Å². The fourth-order valence-electron chi connectivity index (χ4n) is 3.24. The van der Waals surface area contributed by atoms with E-state index in [-0.39, 0.29) is 23.7 Å². The van der Waals surface area contributed by atoms with Crippen molar-refractivity contribution >= 4 is 29.4 Å². The lowest BCUT2D eigenvalue weighted by Crippen LogP contribution is -2.44. The summed E-state index contributed by atoms with van der Waals surface area (Å²) < 4.78 is 10.4. The SMILES string of the molecule is COc1ccc(NC(=O)[C@H](CCCNC(=N)N)NC(=O)c2cc(C)ccc2OC)cc1C(N)=O. The molecular formula is C23H30N6O5. The molecule has 2 rings (SSSR count). The molecule has 0 aliphatic rings. The van der Waals surface area contributed by atoms with Crippen LogP contribution in [0.5, 0.6) is 11.5 Å². The first-order valence-corrected chi connectivity index (χ1v) is 10.5. The molecule has 0 radical (unpaired) electrons. The molecule has 0 unspecified atom stereocenters. The number of guanidine groups is 1. The zero-order valence-electron chi connectivity index (χ0n) is 19.4. The molecule has 0 aromatic heterocycles. The van der Waals surface area contributed by atoms with Gasteiger partial charge in [-0.3, -0.25) is 19.8 Å². The van der Waals surface area contributed by atoms with Gasteiger partial charge in [0.05, 0.1) is 25.3 Å². The summed E-state index contributed by atoms with van der Waals surface area (Å²) in [5.74, 6) is -1.22. The van der Waals surface area contributed by atoms with Gasteiger partial charge in [0.1, 0.15) is 17.5 Å². The quantitative estimate of drug-likeness (QED) is 0.161. The van der Waals surface area contributed by atoms with Crippen molar-refractivity contribution in [2.45, 2.75) is 25.8 Å². The molecule has 2 aromatic rings. The minimum atomic E-state index is -0.925. The molecule has 0 spiro atoms. The Morgan fingerprint density at radius 1 is 1.00 bits per heavy atom. The summed E-state index contributed by atoms with van der Waals surface area (Å²) >= 11 is 0. The lowest BCUT2D eigenvalue weighted by Gasteiger charge is -2.20. The maximum atomic E-state index is 13.1. The number of carbonyl (C=O) groups excluding carboxylic acids is 3. The van der Waals surface area contributed by atoms with Gasteiger partial charge in [0.25, 0.3) is 11.8 Å². The number of carbonyl (C=O) groups is 3. The Balaban J connectivity index is 2.24. The molecule has 0 bridgehead atoms. The standard InChI is InChI=1S/C23H30N6O5/c1-13-6-8-19(34-3)16(11-13)21(31)29-17(5-4-10-27-23(25)26)22(32)28-14-7-9-18(33-2)15(12-14)20(24)30/h6-9,11-12,17H,4-5,10H2,1-3H3,(H2,24,30)(H,28,32)(H,29,31)(H4,25,26,27)/t17-/m0/s1. The van der Waals surface area contributed by atoms with Crippen molar-refractivity contribution in [3.05, 3.63) is 53.1 Å². The lowest BCUT2D eigenvalue weighted by atomic mass is 10.1. The topological polar surface area (TPSA) is 182 Å². The van der Waals surface area contributed by atoms with Crippen LogP contribution in [-0.2, 0) is 4.79 Å². The van der Waals surface area contributed by atoms with Crippen molar-refractivity contribution in [1.82, 2.24) is 10.6 Å². The zero-order valence-corrected chi connectivity index (χ0v) is 19.4. The molecule has 0 saturated heterocycles. The van der Waals surface area contributed by atoms with Gasteiger partial charge in [0.2, 0.25) is 5.91 Å². The highest BCUT2D eigenvalue weighted by Gasteiger charge is 2.24. The summed E-state index contributed by atoms with van der Waals surface area (Å²) in [6, 6.07) is 8.71. The first kappa shape index (κ1) is 26.0. The maximum absolute atomic E-state index is 13.1. The molecule has 1 atom stereocenters. The van der Waals surface area contributed by atoms with Gasteiger partial charge in [-0.25, -0.2) is 0 Å². The van der Waals surface area contributed by atoms with E-state index < -0.39 is 23.8 Å². The second-order valence-corrected chi connectivity index (χ2v) is 7.48. The first-order valence-electron chi connectivity index (χ1n) is 10.5. The van der Waals surface area contributed by atoms with Crippen LogP contribution in [0.15, 0.2) is 36.4 Å². The number of hydrogen-bond donors (Lipinski definition) is 6. The number of nitrogens with one attached hydrogen (secondary N) is 4. The van der Waals surface area contributed by atoms with Gasteiger partial charge >= 0.3 is 0 Å². The van der Waals surface area contributed by atoms with Crippen LogP contribution < -0.4 is 36.9 Å². The number of amides is 3. The number of methoxy groups -OCH3 is 2. The van der Waals surface area contributed by atoms with Gasteiger partial charge in [-0.05, 0) is 50.1 Å². The molecule has 2 aromatic carbocycles. The van der Waals surface area contributed by atoms with Crippen molar-refractivity contribution in [1.29, 1.82) is 5.41 Å². The van der Waals surface area contributed by atoms with E-state index in [1.807, 2.05) is 13.0 Å². The Kier molecular flexibility index (Phi) is 9.24. The normalized spacial score (nSPS) is 11.1. The average Bonchev–Trinajstić information content (AvgIpc) is 2.80. The average molecular weight is 471 g/mol. The number of benzene rings is 2. The van der Waals surface area contributed by atoms with Crippen molar-refractivity contribution < 1.29 is 23.9 Å². The van der Waals surface area contributed by atoms with E-state index in [2.05, 4.69) is 16.0 Å². The molecule has 3 amide bonds. The molecule has 11 nitrogen and oxygen atoms in total. The maximum Gasteiger partial charge on any atom is 0.255 e. The second-order valence-electron chi connectivity index (χ2n) is 7.48. The lowest BCUT2D eigenvalue weighted by molar-refractivity contribution is -0.118. The first-order chi connectivity index (χ1) is 16.2. The summed E-state index contributed by atoms with van der Waals surface area (Å²) in [4.78, 5) is 37.8. The van der Waals surface area contributed by atoms with Crippen molar-refractivity contribution in [2.75, 3.05) is 26.1 Å². The van der Waals surface area contributed by atoms with E-state index in [1.54, 1.807) is 18.2 Å². The Hall–Kier alpha value is -4.28. The summed E-state index contributed by atoms with van der Waals surface area (Å²) in [6.07, 6.45) is 0.697. The van der Waals surface area contributed by atoms with Crippen molar-refractivity contribution in [3.8, 4) is 11.5 Å². The second kappa shape index (κ2) is 12.1. The van der Waals surface area contributed by atoms with Crippen LogP contribution in [0.4, 0.5) is 5.69 Å². The monoisotopic (exact) mass is 470 g/mol. The zero-order chi connectivity index (χ0) is 25.3. The van der Waals surface area contributed by atoms with E-state index in [1.165, 1.54) is 26.4 Å². The molecule has 0 aliphatic heterocycles. The van der Waals surface area contributed by atoms with E-state index in [0.29, 0.717) is 30.0 Å². The molecule has 182 valence electrons. The van der Waals surface area contributed by atoms with E-state index in [9.17, 15) is 14.4 Å². The van der Waals surface area contributed by atoms with E-state index in [0.717, 1.165) is 5.56 Å². The van der Waals surface area contributed by atoms with Gasteiger partial charge in [-0.2, -0.15) is 0 Å². The third-order valence-corrected chi connectivity index (χ3v) is 4.94. The molecule has 34 heavy (non-hydrogen) atoms. The van der Waals surface area contributed by atoms with Gasteiger partial charge in [0.15, 0.2) is 5.96 Å². The van der Waals surface area contributed by atoms with Crippen LogP contribution in [0.3, 0.4) is 0 Å². The fourth-order valence-corrected chi connectivity index (χ4v) is 3.24. The van der Waals surface area contributed by atoms with Crippen LogP contribution in [0.1, 0.15) is 39.1 Å². The summed E-state index contributed by atoms with van der Waals surface area (Å²) in [5, 5.41) is 15.4. The molecule has 0 aliphatic carbocycles. The summed E-state index contributed by atoms with van der Waals surface area (Å²) in [7, 11) is 2.86. The number of anilines is 1. The van der Waals surface area contributed by atoms with Gasteiger partial charge < -0.3 is 36.9 Å². The smallest absolute Gasteiger partial charge is 0.255 e. The molecule has 0 saturated carbocycles. The highest BCUT2D eigenvalue weighted by Crippen LogP contribution is 2.23. The predicted molar refractivity (Wildman–Crippen MR) is 128 cm³/mol. The number of aryl methyl sites for hydroxylation is 1. The number of primary amides is 1. The number of rotatable bonds is 11. The Bertz CT molecular complexity index is 1070. The fraction of sp³-hybridized carbons (Fsp3) is 0.304. The molecule has 8 N–H and O–H groups in total. The minimum Gasteiger partial charge on any atom is -0.496 e. The summed E-state index contributed by atoms with van der Waals surface area (Å²) in [6.45, 7) is 2.19. The van der Waals surface area contributed by atoms with Crippen LogP contribution in [0, 0.1) is 12.3 Å². The highest BCUT2D eigenvalue weighted by molar-refractivity contribution is 6.03. The van der Waals surface area contributed by atoms with Crippen LogP contribution in [0.2, 0.25) is 0 Å². The summed E-state index contributed by atoms with van der Waals surface area (Å²) in [5.41, 5.74) is 12.3. The Morgan fingerprint density at radius 2 is 1.65 bits per heavy atom. The van der Waals surface area contributed by atoms with Crippen LogP contribution in [-0.4, -0.2) is 50.5 Å². The van der Waals surface area contributed by atoms with Crippen LogP contribution in [0.25, 0.3) is 0 Å². The van der Waals surface area contributed by atoms with Gasteiger partial charge in [0, 0.05) is 12.2 Å².